The number of benzene rings is 4. The predicted octanol–water partition coefficient (Wildman–Crippen LogP) is 3.49. The molecule has 0 fully saturated rings. The minimum atomic E-state index is -4.38. The number of fused-ring (bicyclic) bond motifs is 2. The summed E-state index contributed by atoms with van der Waals surface area (Å²) in [5, 5.41) is 2.46. The van der Waals surface area contributed by atoms with Gasteiger partial charge in [0.2, 0.25) is 0 Å². The van der Waals surface area contributed by atoms with Gasteiger partial charge in [0, 0.05) is 0 Å². The molecule has 0 atom stereocenters. The van der Waals surface area contributed by atoms with Gasteiger partial charge < -0.3 is 9.11 Å². The van der Waals surface area contributed by atoms with Gasteiger partial charge in [-0.1, -0.05) is 72.8 Å². The standard InChI is InChI=1S/2C10H8O3S.Zn/c2*11-14(12,13)10-7-3-5-8-4-1-2-6-9(8)10;/h2*1-7H,(H,11,12,13);/q;;+2/p-2. The zero-order valence-corrected chi connectivity index (χ0v) is 19.7. The molecule has 0 amide bonds. The van der Waals surface area contributed by atoms with Crippen LogP contribution in [0, 0.1) is 0 Å². The van der Waals surface area contributed by atoms with E-state index in [2.05, 4.69) is 0 Å². The Morgan fingerprint density at radius 2 is 0.793 bits per heavy atom. The first-order valence-electron chi connectivity index (χ1n) is 8.05. The van der Waals surface area contributed by atoms with Crippen molar-refractivity contribution in [1.82, 2.24) is 0 Å². The van der Waals surface area contributed by atoms with E-state index in [0.717, 1.165) is 10.8 Å². The Morgan fingerprint density at radius 3 is 1.14 bits per heavy atom. The molecule has 4 rings (SSSR count). The maximum atomic E-state index is 10.9. The molecule has 0 saturated heterocycles. The molecule has 0 spiro atoms. The number of hydrogen-bond donors (Lipinski definition) is 0. The molecule has 144 valence electrons. The van der Waals surface area contributed by atoms with Gasteiger partial charge in [0.05, 0.1) is 9.79 Å². The second-order valence-electron chi connectivity index (χ2n) is 5.86. The van der Waals surface area contributed by atoms with Crippen molar-refractivity contribution in [3.63, 3.8) is 0 Å². The molecule has 6 nitrogen and oxygen atoms in total. The average molecular weight is 480 g/mol. The molecule has 9 heteroatoms. The van der Waals surface area contributed by atoms with Gasteiger partial charge >= 0.3 is 19.5 Å². The van der Waals surface area contributed by atoms with Crippen molar-refractivity contribution in [2.45, 2.75) is 9.79 Å². The molecule has 0 aliphatic rings. The smallest absolute Gasteiger partial charge is 0.744 e. The molecule has 0 aliphatic carbocycles. The third kappa shape index (κ3) is 5.47. The van der Waals surface area contributed by atoms with Gasteiger partial charge in [-0.3, -0.25) is 0 Å². The van der Waals surface area contributed by atoms with Crippen molar-refractivity contribution in [1.29, 1.82) is 0 Å². The minimum Gasteiger partial charge on any atom is -0.744 e. The molecule has 0 aliphatic heterocycles. The van der Waals surface area contributed by atoms with Crippen molar-refractivity contribution in [2.75, 3.05) is 0 Å². The Bertz CT molecular complexity index is 1250. The normalized spacial score (nSPS) is 11.4. The Morgan fingerprint density at radius 1 is 0.483 bits per heavy atom. The Labute approximate surface area is 181 Å². The van der Waals surface area contributed by atoms with Crippen LogP contribution < -0.4 is 0 Å². The SMILES string of the molecule is O=S(=O)([O-])c1cccc2ccccc12.O=S(=O)([O-])c1cccc2ccccc12.[Zn+2]. The monoisotopic (exact) mass is 478 g/mol. The molecule has 0 heterocycles. The van der Waals surface area contributed by atoms with Gasteiger partial charge in [0.25, 0.3) is 0 Å². The molecule has 0 saturated carbocycles. The summed E-state index contributed by atoms with van der Waals surface area (Å²) in [4.78, 5) is -0.314. The van der Waals surface area contributed by atoms with E-state index in [1.807, 2.05) is 0 Å². The zero-order valence-electron chi connectivity index (χ0n) is 15.1. The van der Waals surface area contributed by atoms with Crippen molar-refractivity contribution < 1.29 is 45.4 Å². The fourth-order valence-electron chi connectivity index (χ4n) is 2.83. The Balaban J connectivity index is 0.000000200. The van der Waals surface area contributed by atoms with Crippen LogP contribution in [0.2, 0.25) is 0 Å². The second-order valence-corrected chi connectivity index (χ2v) is 8.56. The predicted molar refractivity (Wildman–Crippen MR) is 104 cm³/mol. The average Bonchev–Trinajstić information content (AvgIpc) is 2.66. The van der Waals surface area contributed by atoms with Crippen LogP contribution in [0.4, 0.5) is 0 Å². The third-order valence-electron chi connectivity index (χ3n) is 4.04. The topological polar surface area (TPSA) is 114 Å². The van der Waals surface area contributed by atoms with Crippen molar-refractivity contribution >= 4 is 41.8 Å². The van der Waals surface area contributed by atoms with Crippen LogP contribution in [-0.4, -0.2) is 25.9 Å². The van der Waals surface area contributed by atoms with Gasteiger partial charge in [-0.15, -0.1) is 0 Å². The van der Waals surface area contributed by atoms with Crippen LogP contribution in [0.25, 0.3) is 21.5 Å². The largest absolute Gasteiger partial charge is 2.00 e. The number of hydrogen-bond acceptors (Lipinski definition) is 6. The number of rotatable bonds is 2. The van der Waals surface area contributed by atoms with E-state index < -0.39 is 20.2 Å². The summed E-state index contributed by atoms with van der Waals surface area (Å²) in [7, 11) is -8.76. The van der Waals surface area contributed by atoms with E-state index in [-0.39, 0.29) is 29.3 Å². The van der Waals surface area contributed by atoms with Crippen LogP contribution in [0.1, 0.15) is 0 Å². The van der Waals surface area contributed by atoms with Gasteiger partial charge in [-0.2, -0.15) is 0 Å². The fourth-order valence-corrected chi connectivity index (χ4v) is 4.23. The van der Waals surface area contributed by atoms with Gasteiger partial charge in [0.1, 0.15) is 20.2 Å². The van der Waals surface area contributed by atoms with E-state index in [0.29, 0.717) is 10.8 Å². The van der Waals surface area contributed by atoms with Gasteiger partial charge in [-0.05, 0) is 33.7 Å². The third-order valence-corrected chi connectivity index (χ3v) is 5.83. The summed E-state index contributed by atoms with van der Waals surface area (Å²) < 4.78 is 65.3. The maximum absolute atomic E-state index is 10.9. The van der Waals surface area contributed by atoms with Crippen LogP contribution >= 0.6 is 0 Å². The molecule has 4 aromatic carbocycles. The van der Waals surface area contributed by atoms with Crippen molar-refractivity contribution in [2.24, 2.45) is 0 Å². The molecular formula is C20H14O6S2Zn. The fraction of sp³-hybridized carbons (Fsp3) is 0. The first kappa shape index (κ1) is 23.1. The summed E-state index contributed by atoms with van der Waals surface area (Å²) in [5.41, 5.74) is 0. The molecule has 0 radical (unpaired) electrons. The maximum Gasteiger partial charge on any atom is 2.00 e. The molecule has 0 aromatic heterocycles. The first-order valence-corrected chi connectivity index (χ1v) is 10.9. The summed E-state index contributed by atoms with van der Waals surface area (Å²) >= 11 is 0. The van der Waals surface area contributed by atoms with Gasteiger partial charge in [0.15, 0.2) is 0 Å². The quantitative estimate of drug-likeness (QED) is 0.321. The molecule has 4 aromatic rings. The van der Waals surface area contributed by atoms with Crippen molar-refractivity contribution in [3.8, 4) is 0 Å². The summed E-state index contributed by atoms with van der Waals surface area (Å²) in [6, 6.07) is 23.1. The van der Waals surface area contributed by atoms with E-state index in [1.165, 1.54) is 12.1 Å². The van der Waals surface area contributed by atoms with E-state index in [1.54, 1.807) is 72.8 Å². The first-order chi connectivity index (χ1) is 13.2. The molecule has 0 bridgehead atoms. The van der Waals surface area contributed by atoms with Gasteiger partial charge in [-0.25, -0.2) is 16.8 Å². The van der Waals surface area contributed by atoms with E-state index in [4.69, 9.17) is 0 Å². The molecule has 0 unspecified atom stereocenters. The van der Waals surface area contributed by atoms with Crippen LogP contribution in [0.5, 0.6) is 0 Å². The second kappa shape index (κ2) is 9.11. The Kier molecular flexibility index (Phi) is 7.26. The van der Waals surface area contributed by atoms with E-state index in [9.17, 15) is 25.9 Å². The van der Waals surface area contributed by atoms with E-state index >= 15 is 0 Å². The van der Waals surface area contributed by atoms with Crippen LogP contribution in [-0.2, 0) is 39.7 Å². The minimum absolute atomic E-state index is 0. The summed E-state index contributed by atoms with van der Waals surface area (Å²) in [6.07, 6.45) is 0. The Hall–Kier alpha value is -2.16. The molecule has 29 heavy (non-hydrogen) atoms. The van der Waals surface area contributed by atoms with Crippen molar-refractivity contribution in [3.05, 3.63) is 84.9 Å². The summed E-state index contributed by atoms with van der Waals surface area (Å²) in [6.45, 7) is 0. The molecular weight excluding hydrogens is 466 g/mol. The van der Waals surface area contributed by atoms with Crippen LogP contribution in [0.15, 0.2) is 94.7 Å². The van der Waals surface area contributed by atoms with Crippen LogP contribution in [0.3, 0.4) is 0 Å². The molecule has 0 N–H and O–H groups in total. The zero-order chi connectivity index (χ0) is 20.4. The summed E-state index contributed by atoms with van der Waals surface area (Å²) in [5.74, 6) is 0.